The minimum atomic E-state index is -0.251. The number of carbonyl (C=O) groups is 1. The molecule has 0 spiro atoms. The average Bonchev–Trinajstić information content (AvgIpc) is 2.56. The van der Waals surface area contributed by atoms with Gasteiger partial charge in [0.05, 0.1) is 12.7 Å². The highest BCUT2D eigenvalue weighted by atomic mass is 16.5. The number of rotatable bonds is 3. The molecule has 1 saturated heterocycles. The molecule has 3 N–H and O–H groups in total. The molecule has 1 heterocycles. The number of hydrogen-bond donors (Lipinski definition) is 3. The highest BCUT2D eigenvalue weighted by Crippen LogP contribution is 2.21. The van der Waals surface area contributed by atoms with Gasteiger partial charge in [0.1, 0.15) is 0 Å². The molecule has 1 atom stereocenters. The van der Waals surface area contributed by atoms with Gasteiger partial charge in [-0.3, -0.25) is 0 Å². The van der Waals surface area contributed by atoms with Gasteiger partial charge in [0.15, 0.2) is 0 Å². The van der Waals surface area contributed by atoms with Crippen LogP contribution in [0.1, 0.15) is 17.2 Å². The molecular formula is C18H21N3O2. The number of carbonyl (C=O) groups excluding carboxylic acids is 1. The fourth-order valence-corrected chi connectivity index (χ4v) is 2.58. The summed E-state index contributed by atoms with van der Waals surface area (Å²) in [5.74, 6) is 0. The molecule has 0 unspecified atom stereocenters. The first-order valence-corrected chi connectivity index (χ1v) is 7.78. The Morgan fingerprint density at radius 3 is 2.61 bits per heavy atom. The average molecular weight is 311 g/mol. The van der Waals surface area contributed by atoms with Gasteiger partial charge in [0.2, 0.25) is 0 Å². The second kappa shape index (κ2) is 7.26. The molecule has 23 heavy (non-hydrogen) atoms. The zero-order chi connectivity index (χ0) is 16.1. The third-order valence-electron chi connectivity index (χ3n) is 3.74. The Labute approximate surface area is 136 Å². The van der Waals surface area contributed by atoms with Crippen LogP contribution < -0.4 is 16.0 Å². The summed E-state index contributed by atoms with van der Waals surface area (Å²) in [6, 6.07) is 15.2. The van der Waals surface area contributed by atoms with E-state index in [1.165, 1.54) is 0 Å². The van der Waals surface area contributed by atoms with Crippen LogP contribution in [0.15, 0.2) is 48.5 Å². The molecule has 0 aliphatic carbocycles. The van der Waals surface area contributed by atoms with Crippen molar-refractivity contribution in [2.45, 2.75) is 13.0 Å². The van der Waals surface area contributed by atoms with Crippen molar-refractivity contribution in [3.8, 4) is 0 Å². The summed E-state index contributed by atoms with van der Waals surface area (Å²) in [6.07, 6.45) is 0.0823. The van der Waals surface area contributed by atoms with Crippen LogP contribution in [-0.4, -0.2) is 25.7 Å². The predicted octanol–water partition coefficient (Wildman–Crippen LogP) is 3.30. The molecule has 1 fully saturated rings. The lowest BCUT2D eigenvalue weighted by molar-refractivity contribution is 0.0277. The molecule has 1 aliphatic heterocycles. The van der Waals surface area contributed by atoms with Crippen LogP contribution in [0.3, 0.4) is 0 Å². The summed E-state index contributed by atoms with van der Waals surface area (Å²) < 4.78 is 5.71. The molecule has 3 rings (SSSR count). The SMILES string of the molecule is Cc1cccc(NC(=O)Nc2ccc([C@H]3CNCCO3)cc2)c1. The van der Waals surface area contributed by atoms with Gasteiger partial charge in [-0.2, -0.15) is 0 Å². The summed E-state index contributed by atoms with van der Waals surface area (Å²) in [5.41, 5.74) is 3.75. The van der Waals surface area contributed by atoms with Crippen molar-refractivity contribution in [2.24, 2.45) is 0 Å². The fraction of sp³-hybridized carbons (Fsp3) is 0.278. The van der Waals surface area contributed by atoms with Gasteiger partial charge in [-0.15, -0.1) is 0 Å². The molecule has 1 aliphatic rings. The monoisotopic (exact) mass is 311 g/mol. The summed E-state index contributed by atoms with van der Waals surface area (Å²) in [7, 11) is 0. The molecule has 2 aromatic rings. The van der Waals surface area contributed by atoms with Crippen molar-refractivity contribution in [1.29, 1.82) is 0 Å². The third-order valence-corrected chi connectivity index (χ3v) is 3.74. The van der Waals surface area contributed by atoms with E-state index < -0.39 is 0 Å². The Morgan fingerprint density at radius 2 is 1.91 bits per heavy atom. The second-order valence-electron chi connectivity index (χ2n) is 5.63. The summed E-state index contributed by atoms with van der Waals surface area (Å²) >= 11 is 0. The van der Waals surface area contributed by atoms with Crippen LogP contribution in [0.25, 0.3) is 0 Å². The van der Waals surface area contributed by atoms with Gasteiger partial charge in [-0.25, -0.2) is 4.79 Å². The number of nitrogens with one attached hydrogen (secondary N) is 3. The Hall–Kier alpha value is -2.37. The first kappa shape index (κ1) is 15.5. The van der Waals surface area contributed by atoms with E-state index in [0.29, 0.717) is 0 Å². The normalized spacial score (nSPS) is 17.5. The molecule has 120 valence electrons. The van der Waals surface area contributed by atoms with Crippen LogP contribution in [0, 0.1) is 6.92 Å². The minimum absolute atomic E-state index is 0.0823. The number of ether oxygens (including phenoxy) is 1. The van der Waals surface area contributed by atoms with Crippen molar-refractivity contribution in [1.82, 2.24) is 5.32 Å². The number of urea groups is 1. The van der Waals surface area contributed by atoms with Crippen LogP contribution in [-0.2, 0) is 4.74 Å². The Balaban J connectivity index is 1.58. The molecule has 5 nitrogen and oxygen atoms in total. The summed E-state index contributed by atoms with van der Waals surface area (Å²) in [4.78, 5) is 12.0. The van der Waals surface area contributed by atoms with E-state index in [0.717, 1.165) is 42.2 Å². The maximum atomic E-state index is 12.0. The van der Waals surface area contributed by atoms with Gasteiger partial charge >= 0.3 is 6.03 Å². The van der Waals surface area contributed by atoms with Crippen molar-refractivity contribution in [3.05, 3.63) is 59.7 Å². The molecule has 2 amide bonds. The largest absolute Gasteiger partial charge is 0.371 e. The Morgan fingerprint density at radius 1 is 1.13 bits per heavy atom. The van der Waals surface area contributed by atoms with Crippen molar-refractivity contribution < 1.29 is 9.53 Å². The van der Waals surface area contributed by atoms with E-state index in [9.17, 15) is 4.79 Å². The first-order valence-electron chi connectivity index (χ1n) is 7.78. The summed E-state index contributed by atoms with van der Waals surface area (Å²) in [5, 5.41) is 8.97. The number of amides is 2. The van der Waals surface area contributed by atoms with E-state index >= 15 is 0 Å². The lowest BCUT2D eigenvalue weighted by Crippen LogP contribution is -2.33. The highest BCUT2D eigenvalue weighted by Gasteiger charge is 2.15. The van der Waals surface area contributed by atoms with Crippen LogP contribution in [0.2, 0.25) is 0 Å². The lowest BCUT2D eigenvalue weighted by atomic mass is 10.1. The van der Waals surface area contributed by atoms with Gasteiger partial charge in [0, 0.05) is 24.5 Å². The standard InChI is InChI=1S/C18H21N3O2/c1-13-3-2-4-16(11-13)21-18(22)20-15-7-5-14(6-8-15)17-12-19-9-10-23-17/h2-8,11,17,19H,9-10,12H2,1H3,(H2,20,21,22)/t17-/m1/s1. The molecule has 2 aromatic carbocycles. The predicted molar refractivity (Wildman–Crippen MR) is 91.8 cm³/mol. The quantitative estimate of drug-likeness (QED) is 0.815. The Bertz CT molecular complexity index is 664. The van der Waals surface area contributed by atoms with E-state index in [1.54, 1.807) is 0 Å². The molecule has 0 bridgehead atoms. The number of hydrogen-bond acceptors (Lipinski definition) is 3. The Kier molecular flexibility index (Phi) is 4.90. The molecule has 0 saturated carbocycles. The van der Waals surface area contributed by atoms with Crippen molar-refractivity contribution in [2.75, 3.05) is 30.3 Å². The number of benzene rings is 2. The van der Waals surface area contributed by atoms with E-state index in [1.807, 2.05) is 55.5 Å². The van der Waals surface area contributed by atoms with Crippen LogP contribution in [0.5, 0.6) is 0 Å². The summed E-state index contributed by atoms with van der Waals surface area (Å²) in [6.45, 7) is 4.43. The van der Waals surface area contributed by atoms with Gasteiger partial charge in [-0.05, 0) is 42.3 Å². The maximum Gasteiger partial charge on any atom is 0.323 e. The fourth-order valence-electron chi connectivity index (χ4n) is 2.58. The number of aryl methyl sites for hydroxylation is 1. The van der Waals surface area contributed by atoms with Crippen LogP contribution >= 0.6 is 0 Å². The first-order chi connectivity index (χ1) is 11.2. The highest BCUT2D eigenvalue weighted by molar-refractivity contribution is 5.99. The van der Waals surface area contributed by atoms with Crippen molar-refractivity contribution >= 4 is 17.4 Å². The van der Waals surface area contributed by atoms with Crippen LogP contribution in [0.4, 0.5) is 16.2 Å². The van der Waals surface area contributed by atoms with Gasteiger partial charge < -0.3 is 20.7 Å². The molecule has 5 heteroatoms. The van der Waals surface area contributed by atoms with Crippen molar-refractivity contribution in [3.63, 3.8) is 0 Å². The maximum absolute atomic E-state index is 12.0. The lowest BCUT2D eigenvalue weighted by Gasteiger charge is -2.24. The minimum Gasteiger partial charge on any atom is -0.371 e. The second-order valence-corrected chi connectivity index (χ2v) is 5.63. The number of morpholine rings is 1. The topological polar surface area (TPSA) is 62.4 Å². The van der Waals surface area contributed by atoms with Gasteiger partial charge in [0.25, 0.3) is 0 Å². The zero-order valence-corrected chi connectivity index (χ0v) is 13.1. The van der Waals surface area contributed by atoms with E-state index in [2.05, 4.69) is 16.0 Å². The smallest absolute Gasteiger partial charge is 0.323 e. The zero-order valence-electron chi connectivity index (χ0n) is 13.1. The van der Waals surface area contributed by atoms with E-state index in [4.69, 9.17) is 4.74 Å². The molecular weight excluding hydrogens is 290 g/mol. The van der Waals surface area contributed by atoms with Gasteiger partial charge in [-0.1, -0.05) is 24.3 Å². The molecule has 0 aromatic heterocycles. The molecule has 0 radical (unpaired) electrons. The third kappa shape index (κ3) is 4.31. The number of anilines is 2. The van der Waals surface area contributed by atoms with E-state index in [-0.39, 0.29) is 12.1 Å².